The quantitative estimate of drug-likeness (QED) is 0.409. The van der Waals surface area contributed by atoms with Gasteiger partial charge in [0.1, 0.15) is 10.7 Å². The zero-order chi connectivity index (χ0) is 25.1. The van der Waals surface area contributed by atoms with E-state index < -0.39 is 17.2 Å². The molecule has 2 heterocycles. The van der Waals surface area contributed by atoms with Crippen LogP contribution in [0.5, 0.6) is 0 Å². The summed E-state index contributed by atoms with van der Waals surface area (Å²) in [5.74, 6) is -0.305. The molecule has 0 bridgehead atoms. The SMILES string of the molecule is Cc1nc(C(C)C)sc1C(=O)N(Cc1ccccc1)c1c(N)n(Cc2ccccc2)c(=O)[nH]c1=O. The van der Waals surface area contributed by atoms with Crippen molar-refractivity contribution < 1.29 is 4.79 Å². The highest BCUT2D eigenvalue weighted by atomic mass is 32.1. The van der Waals surface area contributed by atoms with Gasteiger partial charge < -0.3 is 5.73 Å². The summed E-state index contributed by atoms with van der Waals surface area (Å²) in [7, 11) is 0. The molecule has 9 heteroatoms. The van der Waals surface area contributed by atoms with Crippen molar-refractivity contribution in [2.75, 3.05) is 10.6 Å². The van der Waals surface area contributed by atoms with Gasteiger partial charge in [-0.15, -0.1) is 11.3 Å². The third-order valence-electron chi connectivity index (χ3n) is 5.60. The van der Waals surface area contributed by atoms with Gasteiger partial charge in [-0.25, -0.2) is 9.78 Å². The van der Waals surface area contributed by atoms with Crippen molar-refractivity contribution in [3.8, 4) is 0 Å². The maximum Gasteiger partial charge on any atom is 0.330 e. The van der Waals surface area contributed by atoms with Crippen LogP contribution < -0.4 is 21.9 Å². The van der Waals surface area contributed by atoms with Gasteiger partial charge in [0.25, 0.3) is 11.5 Å². The molecule has 180 valence electrons. The Morgan fingerprint density at radius 1 is 1.06 bits per heavy atom. The third kappa shape index (κ3) is 5.09. The molecule has 4 aromatic rings. The van der Waals surface area contributed by atoms with Gasteiger partial charge in [0.2, 0.25) is 0 Å². The van der Waals surface area contributed by atoms with Crippen LogP contribution in [-0.4, -0.2) is 20.4 Å². The molecule has 0 fully saturated rings. The van der Waals surface area contributed by atoms with E-state index in [4.69, 9.17) is 5.73 Å². The number of nitrogen functional groups attached to an aromatic ring is 1. The maximum absolute atomic E-state index is 13.9. The number of aromatic nitrogens is 3. The number of thiazole rings is 1. The third-order valence-corrected chi connectivity index (χ3v) is 7.04. The summed E-state index contributed by atoms with van der Waals surface area (Å²) in [5, 5.41) is 0.835. The lowest BCUT2D eigenvalue weighted by Gasteiger charge is -2.24. The summed E-state index contributed by atoms with van der Waals surface area (Å²) in [4.78, 5) is 48.3. The average molecular weight is 490 g/mol. The first kappa shape index (κ1) is 24.2. The molecule has 0 saturated heterocycles. The Labute approximate surface area is 206 Å². The molecule has 35 heavy (non-hydrogen) atoms. The smallest absolute Gasteiger partial charge is 0.330 e. The number of hydrogen-bond donors (Lipinski definition) is 2. The fourth-order valence-electron chi connectivity index (χ4n) is 3.76. The number of nitrogens with one attached hydrogen (secondary N) is 1. The number of anilines is 2. The van der Waals surface area contributed by atoms with Crippen LogP contribution in [0.2, 0.25) is 0 Å². The molecule has 1 amide bonds. The minimum absolute atomic E-state index is 0.0618. The molecule has 8 nitrogen and oxygen atoms in total. The van der Waals surface area contributed by atoms with Crippen molar-refractivity contribution in [2.24, 2.45) is 0 Å². The van der Waals surface area contributed by atoms with Gasteiger partial charge in [-0.1, -0.05) is 74.5 Å². The number of aromatic amines is 1. The summed E-state index contributed by atoms with van der Waals surface area (Å²) < 4.78 is 1.27. The van der Waals surface area contributed by atoms with Gasteiger partial charge in [-0.3, -0.25) is 24.0 Å². The molecule has 4 rings (SSSR count). The number of carbonyl (C=O) groups is 1. The second-order valence-corrected chi connectivity index (χ2v) is 9.59. The first-order valence-electron chi connectivity index (χ1n) is 11.3. The monoisotopic (exact) mass is 489 g/mol. The molecule has 2 aromatic carbocycles. The Kier molecular flexibility index (Phi) is 6.97. The molecular formula is C26H27N5O3S. The number of hydrogen-bond acceptors (Lipinski definition) is 6. The first-order valence-corrected chi connectivity index (χ1v) is 12.1. The molecule has 0 spiro atoms. The number of nitrogens with zero attached hydrogens (tertiary/aromatic N) is 3. The van der Waals surface area contributed by atoms with Crippen molar-refractivity contribution >= 4 is 28.7 Å². The van der Waals surface area contributed by atoms with Crippen LogP contribution in [0.15, 0.2) is 70.3 Å². The highest BCUT2D eigenvalue weighted by Crippen LogP contribution is 2.29. The fourth-order valence-corrected chi connectivity index (χ4v) is 4.78. The molecular weight excluding hydrogens is 462 g/mol. The minimum atomic E-state index is -0.715. The van der Waals surface area contributed by atoms with E-state index in [1.54, 1.807) is 6.92 Å². The number of H-pyrrole nitrogens is 1. The summed E-state index contributed by atoms with van der Waals surface area (Å²) in [6, 6.07) is 18.6. The van der Waals surface area contributed by atoms with E-state index in [1.165, 1.54) is 20.8 Å². The normalized spacial score (nSPS) is 11.1. The van der Waals surface area contributed by atoms with Crippen molar-refractivity contribution in [3.63, 3.8) is 0 Å². The highest BCUT2D eigenvalue weighted by Gasteiger charge is 2.29. The molecule has 3 N–H and O–H groups in total. The van der Waals surface area contributed by atoms with Crippen molar-refractivity contribution in [1.82, 2.24) is 14.5 Å². The highest BCUT2D eigenvalue weighted by molar-refractivity contribution is 7.14. The Bertz CT molecular complexity index is 1460. The zero-order valence-corrected chi connectivity index (χ0v) is 20.6. The van der Waals surface area contributed by atoms with Gasteiger partial charge >= 0.3 is 5.69 Å². The van der Waals surface area contributed by atoms with Crippen molar-refractivity contribution in [2.45, 2.75) is 39.8 Å². The van der Waals surface area contributed by atoms with Crippen LogP contribution >= 0.6 is 11.3 Å². The Balaban J connectivity index is 1.86. The average Bonchev–Trinajstić information content (AvgIpc) is 3.24. The van der Waals surface area contributed by atoms with Crippen LogP contribution in [-0.2, 0) is 13.1 Å². The number of benzene rings is 2. The lowest BCUT2D eigenvalue weighted by Crippen LogP contribution is -2.41. The molecule has 0 atom stereocenters. The van der Waals surface area contributed by atoms with Gasteiger partial charge in [0.05, 0.1) is 23.8 Å². The van der Waals surface area contributed by atoms with Crippen LogP contribution in [0.1, 0.15) is 51.3 Å². The van der Waals surface area contributed by atoms with Crippen LogP contribution in [0.25, 0.3) is 0 Å². The Morgan fingerprint density at radius 2 is 1.66 bits per heavy atom. The van der Waals surface area contributed by atoms with E-state index >= 15 is 0 Å². The van der Waals surface area contributed by atoms with Gasteiger partial charge in [0, 0.05) is 5.92 Å². The Hall–Kier alpha value is -3.98. The van der Waals surface area contributed by atoms with Crippen LogP contribution in [0.4, 0.5) is 11.5 Å². The van der Waals surface area contributed by atoms with Gasteiger partial charge in [0.15, 0.2) is 5.69 Å². The minimum Gasteiger partial charge on any atom is -0.383 e. The molecule has 0 unspecified atom stereocenters. The summed E-state index contributed by atoms with van der Waals surface area (Å²) in [6.07, 6.45) is 0. The predicted octanol–water partition coefficient (Wildman–Crippen LogP) is 3.90. The lowest BCUT2D eigenvalue weighted by atomic mass is 10.2. The Morgan fingerprint density at radius 3 is 2.23 bits per heavy atom. The maximum atomic E-state index is 13.9. The molecule has 0 aliphatic heterocycles. The van der Waals surface area contributed by atoms with Crippen molar-refractivity contribution in [3.05, 3.63) is 108 Å². The summed E-state index contributed by atoms with van der Waals surface area (Å²) in [5.41, 5.74) is 7.26. The largest absolute Gasteiger partial charge is 0.383 e. The number of aryl methyl sites for hydroxylation is 1. The van der Waals surface area contributed by atoms with Gasteiger partial charge in [-0.05, 0) is 18.1 Å². The first-order chi connectivity index (χ1) is 16.8. The fraction of sp³-hybridized carbons (Fsp3) is 0.231. The second-order valence-electron chi connectivity index (χ2n) is 8.56. The van der Waals surface area contributed by atoms with E-state index in [9.17, 15) is 14.4 Å². The van der Waals surface area contributed by atoms with E-state index in [-0.39, 0.29) is 30.5 Å². The molecule has 0 radical (unpaired) electrons. The molecule has 0 aliphatic rings. The van der Waals surface area contributed by atoms with Crippen molar-refractivity contribution in [1.29, 1.82) is 0 Å². The second kappa shape index (κ2) is 10.1. The number of rotatable bonds is 7. The zero-order valence-electron chi connectivity index (χ0n) is 19.8. The standard InChI is InChI=1S/C26H27N5O3S/c1-16(2)24-28-17(3)21(35-24)25(33)30(14-18-10-6-4-7-11-18)20-22(27)31(26(34)29-23(20)32)15-19-12-8-5-9-13-19/h4-13,16H,14-15,27H2,1-3H3,(H,29,32,34). The van der Waals surface area contributed by atoms with Crippen LogP contribution in [0, 0.1) is 6.92 Å². The topological polar surface area (TPSA) is 114 Å². The lowest BCUT2D eigenvalue weighted by molar-refractivity contribution is 0.0988. The summed E-state index contributed by atoms with van der Waals surface area (Å²) in [6.45, 7) is 6.05. The number of amides is 1. The molecule has 2 aromatic heterocycles. The predicted molar refractivity (Wildman–Crippen MR) is 139 cm³/mol. The van der Waals surface area contributed by atoms with E-state index in [0.29, 0.717) is 10.6 Å². The van der Waals surface area contributed by atoms with E-state index in [2.05, 4.69) is 9.97 Å². The van der Waals surface area contributed by atoms with Crippen LogP contribution in [0.3, 0.4) is 0 Å². The summed E-state index contributed by atoms with van der Waals surface area (Å²) >= 11 is 1.31. The number of nitrogens with two attached hydrogens (primary N) is 1. The molecule has 0 aliphatic carbocycles. The van der Waals surface area contributed by atoms with E-state index in [1.807, 2.05) is 74.5 Å². The van der Waals surface area contributed by atoms with E-state index in [0.717, 1.165) is 16.1 Å². The number of carbonyl (C=O) groups excluding carboxylic acids is 1. The molecule has 0 saturated carbocycles. The van der Waals surface area contributed by atoms with Gasteiger partial charge in [-0.2, -0.15) is 0 Å².